The largest absolute Gasteiger partial charge is 0.497 e. The molecule has 0 atom stereocenters. The molecule has 8 heteroatoms. The number of aryl methyl sites for hydroxylation is 1. The Kier molecular flexibility index (Phi) is 4.83. The molecule has 0 saturated heterocycles. The van der Waals surface area contributed by atoms with Gasteiger partial charge in [-0.3, -0.25) is 14.3 Å². The van der Waals surface area contributed by atoms with E-state index in [4.69, 9.17) is 4.74 Å². The number of carbonyl (C=O) groups excluding carboxylic acids is 1. The van der Waals surface area contributed by atoms with Crippen LogP contribution in [0.3, 0.4) is 0 Å². The summed E-state index contributed by atoms with van der Waals surface area (Å²) in [5, 5.41) is 0.794. The number of alkyl halides is 2. The van der Waals surface area contributed by atoms with E-state index in [9.17, 15) is 13.6 Å². The Morgan fingerprint density at radius 3 is 2.81 bits per heavy atom. The highest BCUT2D eigenvalue weighted by atomic mass is 19.3. The zero-order chi connectivity index (χ0) is 18.8. The molecule has 6 nitrogen and oxygen atoms in total. The number of hydrogen-bond donors (Lipinski definition) is 0. The van der Waals surface area contributed by atoms with Crippen molar-refractivity contribution in [1.82, 2.24) is 19.4 Å². The predicted molar refractivity (Wildman–Crippen MR) is 92.3 cm³/mol. The first-order valence-corrected chi connectivity index (χ1v) is 7.91. The minimum absolute atomic E-state index is 0.0315. The molecule has 2 heterocycles. The Morgan fingerprint density at radius 1 is 1.35 bits per heavy atom. The van der Waals surface area contributed by atoms with Gasteiger partial charge in [-0.05, 0) is 25.1 Å². The second-order valence-electron chi connectivity index (χ2n) is 5.87. The highest BCUT2D eigenvalue weighted by Crippen LogP contribution is 2.23. The molecule has 1 aromatic carbocycles. The van der Waals surface area contributed by atoms with Gasteiger partial charge in [0.15, 0.2) is 0 Å². The molecule has 136 valence electrons. The van der Waals surface area contributed by atoms with Crippen LogP contribution in [0.1, 0.15) is 28.4 Å². The lowest BCUT2D eigenvalue weighted by Gasteiger charge is -2.19. The first-order chi connectivity index (χ1) is 12.4. The number of amides is 1. The van der Waals surface area contributed by atoms with E-state index in [1.165, 1.54) is 17.3 Å². The van der Waals surface area contributed by atoms with Crippen molar-refractivity contribution in [2.75, 3.05) is 14.2 Å². The van der Waals surface area contributed by atoms with Gasteiger partial charge in [-0.25, -0.2) is 4.98 Å². The molecule has 0 N–H and O–H groups in total. The van der Waals surface area contributed by atoms with Gasteiger partial charge in [0.1, 0.15) is 11.6 Å². The fourth-order valence-corrected chi connectivity index (χ4v) is 2.72. The van der Waals surface area contributed by atoms with Crippen LogP contribution in [-0.4, -0.2) is 39.5 Å². The molecule has 0 aliphatic rings. The van der Waals surface area contributed by atoms with Crippen molar-refractivity contribution in [2.45, 2.75) is 20.0 Å². The number of ether oxygens (including phenoxy) is 1. The lowest BCUT2D eigenvalue weighted by atomic mass is 10.1. The molecule has 0 saturated carbocycles. The highest BCUT2D eigenvalue weighted by molar-refractivity contribution is 5.98. The van der Waals surface area contributed by atoms with E-state index in [0.717, 1.165) is 9.95 Å². The molecule has 2 aromatic heterocycles. The van der Waals surface area contributed by atoms with Crippen LogP contribution in [0.5, 0.6) is 5.75 Å². The van der Waals surface area contributed by atoms with E-state index < -0.39 is 6.55 Å². The summed E-state index contributed by atoms with van der Waals surface area (Å²) in [4.78, 5) is 22.5. The van der Waals surface area contributed by atoms with Crippen LogP contribution in [0, 0.1) is 6.92 Å². The van der Waals surface area contributed by atoms with Crippen LogP contribution in [0.25, 0.3) is 10.9 Å². The van der Waals surface area contributed by atoms with Crippen LogP contribution >= 0.6 is 0 Å². The molecule has 0 spiro atoms. The summed E-state index contributed by atoms with van der Waals surface area (Å²) in [7, 11) is 3.12. The maximum absolute atomic E-state index is 12.9. The van der Waals surface area contributed by atoms with Crippen LogP contribution < -0.4 is 4.74 Å². The quantitative estimate of drug-likeness (QED) is 0.700. The van der Waals surface area contributed by atoms with Crippen LogP contribution in [-0.2, 0) is 6.54 Å². The minimum Gasteiger partial charge on any atom is -0.497 e. The van der Waals surface area contributed by atoms with E-state index in [2.05, 4.69) is 9.97 Å². The number of halogens is 2. The van der Waals surface area contributed by atoms with Crippen molar-refractivity contribution in [3.8, 4) is 5.75 Å². The number of aromatic nitrogens is 3. The Bertz CT molecular complexity index is 956. The molecule has 0 aliphatic heterocycles. The molecule has 3 rings (SSSR count). The van der Waals surface area contributed by atoms with Gasteiger partial charge in [-0.1, -0.05) is 0 Å². The number of methoxy groups -OCH3 is 1. The maximum atomic E-state index is 12.9. The van der Waals surface area contributed by atoms with Gasteiger partial charge in [-0.15, -0.1) is 0 Å². The smallest absolute Gasteiger partial charge is 0.319 e. The van der Waals surface area contributed by atoms with Crippen molar-refractivity contribution in [1.29, 1.82) is 0 Å². The number of rotatable bonds is 5. The summed E-state index contributed by atoms with van der Waals surface area (Å²) in [6.45, 7) is -0.994. The average molecular weight is 360 g/mol. The Labute approximate surface area is 149 Å². The first-order valence-electron chi connectivity index (χ1n) is 7.91. The van der Waals surface area contributed by atoms with Crippen molar-refractivity contribution >= 4 is 16.8 Å². The summed E-state index contributed by atoms with van der Waals surface area (Å²) in [6.07, 6.45) is 2.48. The lowest BCUT2D eigenvalue weighted by molar-refractivity contribution is 0.0612. The third-order valence-corrected chi connectivity index (χ3v) is 4.13. The third-order valence-electron chi connectivity index (χ3n) is 4.13. The van der Waals surface area contributed by atoms with E-state index in [-0.39, 0.29) is 18.3 Å². The molecule has 1 amide bonds. The monoisotopic (exact) mass is 360 g/mol. The average Bonchev–Trinajstić information content (AvgIpc) is 3.08. The van der Waals surface area contributed by atoms with Crippen molar-refractivity contribution in [3.63, 3.8) is 0 Å². The standard InChI is InChI=1S/C18H18F2N4O2/c1-11-14(8-12-4-5-13(26-3)9-15(12)22-11)17(25)23(2)10-16-21-6-7-24(16)18(19)20/h4-9,18H,10H2,1-3H3. The van der Waals surface area contributed by atoms with E-state index in [1.54, 1.807) is 39.3 Å². The molecule has 0 bridgehead atoms. The zero-order valence-electron chi connectivity index (χ0n) is 14.6. The van der Waals surface area contributed by atoms with E-state index >= 15 is 0 Å². The van der Waals surface area contributed by atoms with Crippen LogP contribution in [0.15, 0.2) is 36.7 Å². The number of imidazole rings is 1. The summed E-state index contributed by atoms with van der Waals surface area (Å²) in [5.74, 6) is 0.489. The fourth-order valence-electron chi connectivity index (χ4n) is 2.72. The summed E-state index contributed by atoms with van der Waals surface area (Å²) >= 11 is 0. The molecular weight excluding hydrogens is 342 g/mol. The number of carbonyl (C=O) groups is 1. The molecule has 3 aromatic rings. The van der Waals surface area contributed by atoms with Gasteiger partial charge < -0.3 is 9.64 Å². The van der Waals surface area contributed by atoms with Crippen LogP contribution in [0.2, 0.25) is 0 Å². The molecular formula is C18H18F2N4O2. The predicted octanol–water partition coefficient (Wildman–Crippen LogP) is 3.42. The SMILES string of the molecule is COc1ccc2cc(C(=O)N(C)Cc3nccn3C(F)F)c(C)nc2c1. The Hall–Kier alpha value is -3.03. The highest BCUT2D eigenvalue weighted by Gasteiger charge is 2.19. The van der Waals surface area contributed by atoms with Crippen molar-refractivity contribution in [3.05, 3.63) is 53.7 Å². The van der Waals surface area contributed by atoms with Gasteiger partial charge in [-0.2, -0.15) is 8.78 Å². The fraction of sp³-hybridized carbons (Fsp3) is 0.278. The molecule has 0 unspecified atom stereocenters. The normalized spacial score (nSPS) is 11.2. The summed E-state index contributed by atoms with van der Waals surface area (Å²) in [5.41, 5.74) is 1.69. The topological polar surface area (TPSA) is 60.2 Å². The molecule has 0 fully saturated rings. The second-order valence-corrected chi connectivity index (χ2v) is 5.87. The number of pyridine rings is 1. The summed E-state index contributed by atoms with van der Waals surface area (Å²) in [6, 6.07) is 7.15. The number of hydrogen-bond acceptors (Lipinski definition) is 4. The molecule has 0 aliphatic carbocycles. The number of benzene rings is 1. The number of nitrogens with zero attached hydrogens (tertiary/aromatic N) is 4. The zero-order valence-corrected chi connectivity index (χ0v) is 14.6. The molecule has 26 heavy (non-hydrogen) atoms. The van der Waals surface area contributed by atoms with Crippen molar-refractivity contribution in [2.24, 2.45) is 0 Å². The second kappa shape index (κ2) is 7.07. The van der Waals surface area contributed by atoms with Crippen LogP contribution in [0.4, 0.5) is 8.78 Å². The van der Waals surface area contributed by atoms with E-state index in [1.807, 2.05) is 6.07 Å². The van der Waals surface area contributed by atoms with Gasteiger partial charge in [0.25, 0.3) is 5.91 Å². The Balaban J connectivity index is 1.88. The summed E-state index contributed by atoms with van der Waals surface area (Å²) < 4.78 is 31.8. The maximum Gasteiger partial charge on any atom is 0.319 e. The van der Waals surface area contributed by atoms with Gasteiger partial charge >= 0.3 is 6.55 Å². The van der Waals surface area contributed by atoms with Gasteiger partial charge in [0.2, 0.25) is 0 Å². The van der Waals surface area contributed by atoms with Crippen molar-refractivity contribution < 1.29 is 18.3 Å². The van der Waals surface area contributed by atoms with E-state index in [0.29, 0.717) is 22.5 Å². The number of fused-ring (bicyclic) bond motifs is 1. The Morgan fingerprint density at radius 2 is 2.12 bits per heavy atom. The third kappa shape index (κ3) is 3.35. The minimum atomic E-state index is -2.70. The lowest BCUT2D eigenvalue weighted by Crippen LogP contribution is -2.28. The molecule has 0 radical (unpaired) electrons. The van der Waals surface area contributed by atoms with Gasteiger partial charge in [0.05, 0.1) is 30.4 Å². The van der Waals surface area contributed by atoms with Gasteiger partial charge in [0, 0.05) is 30.9 Å². The first kappa shape index (κ1) is 17.8.